The molecule has 0 bridgehead atoms. The number of carbonyl (C=O) groups is 2. The van der Waals surface area contributed by atoms with E-state index in [1.54, 1.807) is 24.3 Å². The van der Waals surface area contributed by atoms with Gasteiger partial charge in [0.15, 0.2) is 0 Å². The number of nitrogens with two attached hydrogens (primary N) is 1. The number of hydrogen-bond acceptors (Lipinski definition) is 3. The van der Waals surface area contributed by atoms with Crippen molar-refractivity contribution in [1.29, 1.82) is 0 Å². The number of aliphatic hydroxyl groups is 1. The Hall–Kier alpha value is -2.08. The molecule has 5 N–H and O–H groups in total. The molecular formula is C13H19N3O3. The fourth-order valence-corrected chi connectivity index (χ4v) is 1.54. The number of anilines is 1. The second kappa shape index (κ2) is 8.10. The van der Waals surface area contributed by atoms with Crippen LogP contribution >= 0.6 is 0 Å². The molecule has 104 valence electrons. The lowest BCUT2D eigenvalue weighted by molar-refractivity contribution is -0.116. The van der Waals surface area contributed by atoms with Gasteiger partial charge in [-0.3, -0.25) is 4.79 Å². The van der Waals surface area contributed by atoms with E-state index in [0.29, 0.717) is 31.5 Å². The number of aliphatic hydroxyl groups excluding tert-OH is 1. The molecule has 6 nitrogen and oxygen atoms in total. The van der Waals surface area contributed by atoms with Crippen LogP contribution in [0.3, 0.4) is 0 Å². The van der Waals surface area contributed by atoms with Crippen LogP contribution in [0.15, 0.2) is 24.3 Å². The summed E-state index contributed by atoms with van der Waals surface area (Å²) in [7, 11) is 0. The average molecular weight is 265 g/mol. The molecule has 0 aromatic heterocycles. The molecule has 0 spiro atoms. The van der Waals surface area contributed by atoms with E-state index >= 15 is 0 Å². The van der Waals surface area contributed by atoms with Crippen molar-refractivity contribution in [1.82, 2.24) is 5.32 Å². The van der Waals surface area contributed by atoms with Crippen LogP contribution in [0.4, 0.5) is 10.5 Å². The first-order chi connectivity index (χ1) is 9.11. The van der Waals surface area contributed by atoms with Crippen LogP contribution in [0.2, 0.25) is 0 Å². The zero-order valence-corrected chi connectivity index (χ0v) is 10.7. The monoisotopic (exact) mass is 265 g/mol. The molecule has 0 saturated carbocycles. The average Bonchev–Trinajstić information content (AvgIpc) is 2.39. The van der Waals surface area contributed by atoms with Gasteiger partial charge in [-0.15, -0.1) is 0 Å². The SMILES string of the molecule is NC(=O)NCCCCC(=O)Nc1ccc(CO)cc1. The van der Waals surface area contributed by atoms with Crippen molar-refractivity contribution in [2.24, 2.45) is 5.73 Å². The highest BCUT2D eigenvalue weighted by Crippen LogP contribution is 2.10. The third kappa shape index (κ3) is 6.42. The summed E-state index contributed by atoms with van der Waals surface area (Å²) in [6.45, 7) is 0.467. The zero-order valence-electron chi connectivity index (χ0n) is 10.7. The number of primary amides is 1. The van der Waals surface area contributed by atoms with Gasteiger partial charge in [-0.05, 0) is 30.5 Å². The van der Waals surface area contributed by atoms with Gasteiger partial charge < -0.3 is 21.5 Å². The Bertz CT molecular complexity index is 418. The Kier molecular flexibility index (Phi) is 6.38. The summed E-state index contributed by atoms with van der Waals surface area (Å²) in [5, 5.41) is 14.1. The van der Waals surface area contributed by atoms with E-state index < -0.39 is 6.03 Å². The number of urea groups is 1. The number of rotatable bonds is 7. The molecule has 0 unspecified atom stereocenters. The van der Waals surface area contributed by atoms with Crippen molar-refractivity contribution in [2.75, 3.05) is 11.9 Å². The minimum atomic E-state index is -0.548. The van der Waals surface area contributed by atoms with Crippen LogP contribution in [-0.2, 0) is 11.4 Å². The maximum atomic E-state index is 11.6. The molecule has 0 fully saturated rings. The van der Waals surface area contributed by atoms with E-state index in [9.17, 15) is 9.59 Å². The van der Waals surface area contributed by atoms with Crippen molar-refractivity contribution in [3.8, 4) is 0 Å². The molecule has 1 rings (SSSR count). The maximum Gasteiger partial charge on any atom is 0.312 e. The fourth-order valence-electron chi connectivity index (χ4n) is 1.54. The van der Waals surface area contributed by atoms with E-state index in [0.717, 1.165) is 5.56 Å². The minimum absolute atomic E-state index is 0.0128. The molecule has 1 aromatic carbocycles. The third-order valence-electron chi connectivity index (χ3n) is 2.55. The van der Waals surface area contributed by atoms with Gasteiger partial charge in [-0.2, -0.15) is 0 Å². The Balaban J connectivity index is 2.21. The van der Waals surface area contributed by atoms with Gasteiger partial charge >= 0.3 is 6.03 Å². The highest BCUT2D eigenvalue weighted by molar-refractivity contribution is 5.90. The summed E-state index contributed by atoms with van der Waals surface area (Å²) >= 11 is 0. The molecule has 0 aliphatic carbocycles. The predicted octanol–water partition coefficient (Wildman–Crippen LogP) is 0.956. The molecule has 1 aromatic rings. The lowest BCUT2D eigenvalue weighted by atomic mass is 10.2. The van der Waals surface area contributed by atoms with Crippen LogP contribution < -0.4 is 16.4 Å². The largest absolute Gasteiger partial charge is 0.392 e. The molecule has 0 heterocycles. The van der Waals surface area contributed by atoms with E-state index in [-0.39, 0.29) is 12.5 Å². The van der Waals surface area contributed by atoms with Gasteiger partial charge in [0.1, 0.15) is 0 Å². The Morgan fingerprint density at radius 2 is 1.84 bits per heavy atom. The lowest BCUT2D eigenvalue weighted by Crippen LogP contribution is -2.30. The van der Waals surface area contributed by atoms with Gasteiger partial charge in [0.2, 0.25) is 5.91 Å². The standard InChI is InChI=1S/C13H19N3O3/c14-13(19)15-8-2-1-3-12(18)16-11-6-4-10(9-17)5-7-11/h4-7,17H,1-3,8-9H2,(H,16,18)(H3,14,15,19). The van der Waals surface area contributed by atoms with Crippen molar-refractivity contribution < 1.29 is 14.7 Å². The first-order valence-electron chi connectivity index (χ1n) is 6.15. The van der Waals surface area contributed by atoms with Crippen LogP contribution in [0.1, 0.15) is 24.8 Å². The Labute approximate surface area is 112 Å². The van der Waals surface area contributed by atoms with Crippen molar-refractivity contribution >= 4 is 17.6 Å². The molecule has 0 radical (unpaired) electrons. The number of carbonyl (C=O) groups excluding carboxylic acids is 2. The second-order valence-electron chi connectivity index (χ2n) is 4.15. The molecule has 3 amide bonds. The minimum Gasteiger partial charge on any atom is -0.392 e. The van der Waals surface area contributed by atoms with Crippen molar-refractivity contribution in [2.45, 2.75) is 25.9 Å². The predicted molar refractivity (Wildman–Crippen MR) is 72.4 cm³/mol. The summed E-state index contributed by atoms with van der Waals surface area (Å²) in [6, 6.07) is 6.46. The van der Waals surface area contributed by atoms with Crippen molar-refractivity contribution in [3.63, 3.8) is 0 Å². The summed E-state index contributed by atoms with van der Waals surface area (Å²) in [4.78, 5) is 22.0. The molecule has 0 atom stereocenters. The number of nitrogens with one attached hydrogen (secondary N) is 2. The van der Waals surface area contributed by atoms with Crippen LogP contribution in [-0.4, -0.2) is 23.6 Å². The van der Waals surface area contributed by atoms with E-state index in [4.69, 9.17) is 10.8 Å². The van der Waals surface area contributed by atoms with Crippen LogP contribution in [0, 0.1) is 0 Å². The first-order valence-corrected chi connectivity index (χ1v) is 6.15. The van der Waals surface area contributed by atoms with E-state index in [2.05, 4.69) is 10.6 Å². The number of unbranched alkanes of at least 4 members (excludes halogenated alkanes) is 1. The van der Waals surface area contributed by atoms with Gasteiger partial charge in [0.05, 0.1) is 6.61 Å². The number of amides is 3. The van der Waals surface area contributed by atoms with Gasteiger partial charge in [-0.1, -0.05) is 12.1 Å². The normalized spacial score (nSPS) is 9.95. The summed E-state index contributed by atoms with van der Waals surface area (Å²) in [5.41, 5.74) is 6.42. The van der Waals surface area contributed by atoms with Gasteiger partial charge in [0, 0.05) is 18.7 Å². The zero-order chi connectivity index (χ0) is 14.1. The van der Waals surface area contributed by atoms with Gasteiger partial charge in [0.25, 0.3) is 0 Å². The van der Waals surface area contributed by atoms with E-state index in [1.807, 2.05) is 0 Å². The highest BCUT2D eigenvalue weighted by atomic mass is 16.3. The summed E-state index contributed by atoms with van der Waals surface area (Å²) in [5.74, 6) is -0.0733. The second-order valence-corrected chi connectivity index (χ2v) is 4.15. The van der Waals surface area contributed by atoms with Gasteiger partial charge in [-0.25, -0.2) is 4.79 Å². The Morgan fingerprint density at radius 3 is 2.42 bits per heavy atom. The molecule has 0 saturated heterocycles. The van der Waals surface area contributed by atoms with Crippen LogP contribution in [0.5, 0.6) is 0 Å². The van der Waals surface area contributed by atoms with E-state index in [1.165, 1.54) is 0 Å². The van der Waals surface area contributed by atoms with Crippen LogP contribution in [0.25, 0.3) is 0 Å². The molecule has 0 aliphatic heterocycles. The molecule has 6 heteroatoms. The Morgan fingerprint density at radius 1 is 1.16 bits per heavy atom. The fraction of sp³-hybridized carbons (Fsp3) is 0.385. The lowest BCUT2D eigenvalue weighted by Gasteiger charge is -2.06. The smallest absolute Gasteiger partial charge is 0.312 e. The van der Waals surface area contributed by atoms with Crippen molar-refractivity contribution in [3.05, 3.63) is 29.8 Å². The molecule has 19 heavy (non-hydrogen) atoms. The number of hydrogen-bond donors (Lipinski definition) is 4. The summed E-state index contributed by atoms with van der Waals surface area (Å²) in [6.07, 6.45) is 1.78. The highest BCUT2D eigenvalue weighted by Gasteiger charge is 2.02. The molecule has 0 aliphatic rings. The number of benzene rings is 1. The third-order valence-corrected chi connectivity index (χ3v) is 2.55. The summed E-state index contributed by atoms with van der Waals surface area (Å²) < 4.78 is 0. The quantitative estimate of drug-likeness (QED) is 0.552. The molecular weight excluding hydrogens is 246 g/mol. The first kappa shape index (κ1) is 15.0. The maximum absolute atomic E-state index is 11.6. The topological polar surface area (TPSA) is 104 Å².